The highest BCUT2D eigenvalue weighted by atomic mass is 16.3. The summed E-state index contributed by atoms with van der Waals surface area (Å²) in [6.45, 7) is 1.97. The van der Waals surface area contributed by atoms with E-state index in [-0.39, 0.29) is 5.75 Å². The molecule has 0 fully saturated rings. The fraction of sp³-hybridized carbons (Fsp3) is 0.0833. The van der Waals surface area contributed by atoms with Gasteiger partial charge < -0.3 is 10.8 Å². The number of aromatic hydroxyl groups is 1. The first-order valence-electron chi connectivity index (χ1n) is 4.68. The Labute approximate surface area is 88.2 Å². The molecule has 3 N–H and O–H groups in total. The zero-order valence-corrected chi connectivity index (χ0v) is 8.44. The normalized spacial score (nSPS) is 10.2. The van der Waals surface area contributed by atoms with Gasteiger partial charge in [0.1, 0.15) is 5.75 Å². The van der Waals surface area contributed by atoms with Gasteiger partial charge in [-0.05, 0) is 30.7 Å². The van der Waals surface area contributed by atoms with Crippen molar-refractivity contribution in [3.05, 3.63) is 42.1 Å². The van der Waals surface area contributed by atoms with Crippen LogP contribution in [0.4, 0.5) is 5.69 Å². The molecule has 3 heteroatoms. The molecule has 1 aromatic heterocycles. The number of nitrogens with two attached hydrogens (primary N) is 1. The Bertz CT molecular complexity index is 477. The highest BCUT2D eigenvalue weighted by Crippen LogP contribution is 2.29. The largest absolute Gasteiger partial charge is 0.507 e. The topological polar surface area (TPSA) is 59.1 Å². The lowest BCUT2D eigenvalue weighted by Gasteiger charge is -2.04. The monoisotopic (exact) mass is 200 g/mol. The molecule has 0 atom stereocenters. The second-order valence-corrected chi connectivity index (χ2v) is 3.50. The first-order valence-corrected chi connectivity index (χ1v) is 4.68. The van der Waals surface area contributed by atoms with E-state index in [0.29, 0.717) is 11.3 Å². The van der Waals surface area contributed by atoms with Crippen molar-refractivity contribution in [1.82, 2.24) is 4.98 Å². The van der Waals surface area contributed by atoms with Gasteiger partial charge in [0, 0.05) is 23.5 Å². The predicted molar refractivity (Wildman–Crippen MR) is 60.5 cm³/mol. The van der Waals surface area contributed by atoms with Crippen molar-refractivity contribution in [1.29, 1.82) is 0 Å². The number of anilines is 1. The molecule has 0 aliphatic heterocycles. The second kappa shape index (κ2) is 3.61. The van der Waals surface area contributed by atoms with Crippen LogP contribution < -0.4 is 5.73 Å². The molecular weight excluding hydrogens is 188 g/mol. The van der Waals surface area contributed by atoms with Crippen molar-refractivity contribution in [2.75, 3.05) is 5.73 Å². The first kappa shape index (κ1) is 9.52. The number of hydrogen-bond acceptors (Lipinski definition) is 3. The molecule has 0 saturated heterocycles. The van der Waals surface area contributed by atoms with Crippen LogP contribution in [0.5, 0.6) is 5.75 Å². The Morgan fingerprint density at radius 1 is 1.20 bits per heavy atom. The molecule has 1 heterocycles. The first-order chi connectivity index (χ1) is 7.16. The Morgan fingerprint density at radius 2 is 2.00 bits per heavy atom. The van der Waals surface area contributed by atoms with E-state index in [2.05, 4.69) is 4.98 Å². The smallest absolute Gasteiger partial charge is 0.127 e. The standard InChI is InChI=1S/C12H12N2O/c1-8-2-5-11(14-7-8)10-4-3-9(13)6-12(10)15/h2-7,15H,13H2,1H3. The molecule has 0 bridgehead atoms. The van der Waals surface area contributed by atoms with Gasteiger partial charge in [-0.1, -0.05) is 6.07 Å². The summed E-state index contributed by atoms with van der Waals surface area (Å²) in [5.74, 6) is 0.159. The molecule has 0 unspecified atom stereocenters. The number of nitrogen functional groups attached to an aromatic ring is 1. The SMILES string of the molecule is Cc1ccc(-c2ccc(N)cc2O)nc1. The summed E-state index contributed by atoms with van der Waals surface area (Å²) < 4.78 is 0. The lowest BCUT2D eigenvalue weighted by atomic mass is 10.1. The van der Waals surface area contributed by atoms with Crippen molar-refractivity contribution < 1.29 is 5.11 Å². The zero-order valence-electron chi connectivity index (χ0n) is 8.44. The molecule has 0 amide bonds. The van der Waals surface area contributed by atoms with Crippen molar-refractivity contribution >= 4 is 5.69 Å². The zero-order chi connectivity index (χ0) is 10.8. The number of aryl methyl sites for hydroxylation is 1. The van der Waals surface area contributed by atoms with Crippen molar-refractivity contribution in [3.63, 3.8) is 0 Å². The van der Waals surface area contributed by atoms with Crippen LogP contribution in [-0.4, -0.2) is 10.1 Å². The average Bonchev–Trinajstić information content (AvgIpc) is 2.20. The molecule has 0 saturated carbocycles. The molecule has 0 spiro atoms. The Balaban J connectivity index is 2.49. The van der Waals surface area contributed by atoms with Gasteiger partial charge in [-0.3, -0.25) is 4.98 Å². The van der Waals surface area contributed by atoms with E-state index in [1.165, 1.54) is 6.07 Å². The van der Waals surface area contributed by atoms with Gasteiger partial charge in [-0.2, -0.15) is 0 Å². The molecule has 15 heavy (non-hydrogen) atoms. The Hall–Kier alpha value is -2.03. The molecule has 0 aliphatic carbocycles. The third kappa shape index (κ3) is 1.91. The van der Waals surface area contributed by atoms with Gasteiger partial charge in [-0.15, -0.1) is 0 Å². The van der Waals surface area contributed by atoms with E-state index < -0.39 is 0 Å². The fourth-order valence-corrected chi connectivity index (χ4v) is 1.39. The molecule has 2 rings (SSSR count). The van der Waals surface area contributed by atoms with Gasteiger partial charge in [0.15, 0.2) is 0 Å². The summed E-state index contributed by atoms with van der Waals surface area (Å²) in [5, 5.41) is 9.69. The van der Waals surface area contributed by atoms with Gasteiger partial charge >= 0.3 is 0 Å². The Morgan fingerprint density at radius 3 is 2.60 bits per heavy atom. The minimum Gasteiger partial charge on any atom is -0.507 e. The molecular formula is C12H12N2O. The Kier molecular flexibility index (Phi) is 2.29. The molecule has 2 aromatic rings. The highest BCUT2D eigenvalue weighted by Gasteiger charge is 2.04. The van der Waals surface area contributed by atoms with Crippen LogP contribution in [0.15, 0.2) is 36.5 Å². The third-order valence-corrected chi connectivity index (χ3v) is 2.21. The van der Waals surface area contributed by atoms with Gasteiger partial charge in [0.25, 0.3) is 0 Å². The quantitative estimate of drug-likeness (QED) is 0.694. The van der Waals surface area contributed by atoms with E-state index in [4.69, 9.17) is 5.73 Å². The molecule has 0 radical (unpaired) electrons. The van der Waals surface area contributed by atoms with Gasteiger partial charge in [0.05, 0.1) is 5.69 Å². The van der Waals surface area contributed by atoms with Crippen LogP contribution in [0.2, 0.25) is 0 Å². The summed E-state index contributed by atoms with van der Waals surface area (Å²) in [6, 6.07) is 8.87. The average molecular weight is 200 g/mol. The van der Waals surface area contributed by atoms with E-state index in [1.54, 1.807) is 18.3 Å². The fourth-order valence-electron chi connectivity index (χ4n) is 1.39. The van der Waals surface area contributed by atoms with Crippen LogP contribution in [0.3, 0.4) is 0 Å². The second-order valence-electron chi connectivity index (χ2n) is 3.50. The number of phenolic OH excluding ortho intramolecular Hbond substituents is 1. The summed E-state index contributed by atoms with van der Waals surface area (Å²) >= 11 is 0. The lowest BCUT2D eigenvalue weighted by molar-refractivity contribution is 0.477. The maximum atomic E-state index is 9.69. The molecule has 0 aliphatic rings. The molecule has 1 aromatic carbocycles. The lowest BCUT2D eigenvalue weighted by Crippen LogP contribution is -1.88. The van der Waals surface area contributed by atoms with Crippen LogP contribution >= 0.6 is 0 Å². The summed E-state index contributed by atoms with van der Waals surface area (Å²) in [5.41, 5.74) is 8.63. The number of nitrogens with zero attached hydrogens (tertiary/aromatic N) is 1. The van der Waals surface area contributed by atoms with E-state index >= 15 is 0 Å². The number of benzene rings is 1. The number of rotatable bonds is 1. The van der Waals surface area contributed by atoms with Crippen LogP contribution in [-0.2, 0) is 0 Å². The van der Waals surface area contributed by atoms with Gasteiger partial charge in [0.2, 0.25) is 0 Å². The van der Waals surface area contributed by atoms with E-state index in [0.717, 1.165) is 11.3 Å². The minimum atomic E-state index is 0.159. The van der Waals surface area contributed by atoms with Crippen LogP contribution in [0.25, 0.3) is 11.3 Å². The number of pyridine rings is 1. The van der Waals surface area contributed by atoms with E-state index in [9.17, 15) is 5.11 Å². The number of aromatic nitrogens is 1. The third-order valence-electron chi connectivity index (χ3n) is 2.21. The van der Waals surface area contributed by atoms with Crippen molar-refractivity contribution in [2.24, 2.45) is 0 Å². The highest BCUT2D eigenvalue weighted by molar-refractivity contribution is 5.69. The molecule has 76 valence electrons. The van der Waals surface area contributed by atoms with Crippen molar-refractivity contribution in [2.45, 2.75) is 6.92 Å². The van der Waals surface area contributed by atoms with Crippen LogP contribution in [0.1, 0.15) is 5.56 Å². The number of phenols is 1. The van der Waals surface area contributed by atoms with E-state index in [1.807, 2.05) is 19.1 Å². The summed E-state index contributed by atoms with van der Waals surface area (Å²) in [7, 11) is 0. The number of hydrogen-bond donors (Lipinski definition) is 2. The maximum absolute atomic E-state index is 9.69. The molecule has 3 nitrogen and oxygen atoms in total. The van der Waals surface area contributed by atoms with Crippen LogP contribution in [0, 0.1) is 6.92 Å². The predicted octanol–water partition coefficient (Wildman–Crippen LogP) is 2.34. The minimum absolute atomic E-state index is 0.159. The summed E-state index contributed by atoms with van der Waals surface area (Å²) in [6.07, 6.45) is 1.77. The summed E-state index contributed by atoms with van der Waals surface area (Å²) in [4.78, 5) is 4.24. The van der Waals surface area contributed by atoms with Crippen molar-refractivity contribution in [3.8, 4) is 17.0 Å². The maximum Gasteiger partial charge on any atom is 0.127 e. The van der Waals surface area contributed by atoms with Gasteiger partial charge in [-0.25, -0.2) is 0 Å².